The summed E-state index contributed by atoms with van der Waals surface area (Å²) in [6, 6.07) is 95.6. The molecule has 0 radical (unpaired) electrons. The summed E-state index contributed by atoms with van der Waals surface area (Å²) >= 11 is 0. The van der Waals surface area contributed by atoms with E-state index in [1.54, 1.807) is 0 Å². The Morgan fingerprint density at radius 1 is 0.380 bits per heavy atom. The van der Waals surface area contributed by atoms with Gasteiger partial charge in [-0.3, -0.25) is 0 Å². The molecule has 3 unspecified atom stereocenters. The van der Waals surface area contributed by atoms with Gasteiger partial charge >= 0.3 is 0 Å². The SMILES string of the molecule is C1=CC2C(Oc3c(ccc4ccccc34)C23c2ccccc2-c2c(-c4cccc(N(c5ccc(-c6ccc(-c7ccccc7)cc6)cc5)c5ccccc5-c5ccccc5)c4)cccc23)c2ccccc21. The minimum Gasteiger partial charge on any atom is -0.484 e. The van der Waals surface area contributed by atoms with Crippen LogP contribution in [0.3, 0.4) is 0 Å². The molecule has 14 rings (SSSR count). The molecule has 0 aromatic heterocycles. The summed E-state index contributed by atoms with van der Waals surface area (Å²) in [6.45, 7) is 0. The predicted octanol–water partition coefficient (Wildman–Crippen LogP) is 18.1. The van der Waals surface area contributed by atoms with Crippen molar-refractivity contribution in [2.24, 2.45) is 5.92 Å². The molecule has 11 aromatic rings. The van der Waals surface area contributed by atoms with Crippen molar-refractivity contribution < 1.29 is 4.74 Å². The molecule has 0 fully saturated rings. The van der Waals surface area contributed by atoms with Crippen LogP contribution >= 0.6 is 0 Å². The zero-order chi connectivity index (χ0) is 46.9. The van der Waals surface area contributed by atoms with E-state index < -0.39 is 5.41 Å². The van der Waals surface area contributed by atoms with Crippen molar-refractivity contribution in [2.45, 2.75) is 11.5 Å². The van der Waals surface area contributed by atoms with Gasteiger partial charge in [0.2, 0.25) is 0 Å². The lowest BCUT2D eigenvalue weighted by atomic mass is 9.58. The van der Waals surface area contributed by atoms with Crippen molar-refractivity contribution in [3.63, 3.8) is 0 Å². The van der Waals surface area contributed by atoms with E-state index in [1.165, 1.54) is 77.7 Å². The molecule has 0 saturated heterocycles. The topological polar surface area (TPSA) is 12.5 Å². The van der Waals surface area contributed by atoms with Crippen molar-refractivity contribution in [1.82, 2.24) is 0 Å². The lowest BCUT2D eigenvalue weighted by Gasteiger charge is -2.49. The fourth-order valence-electron chi connectivity index (χ4n) is 12.2. The second-order valence-corrected chi connectivity index (χ2v) is 19.1. The van der Waals surface area contributed by atoms with E-state index in [1.807, 2.05) is 0 Å². The van der Waals surface area contributed by atoms with Crippen molar-refractivity contribution in [2.75, 3.05) is 4.90 Å². The van der Waals surface area contributed by atoms with Crippen LogP contribution < -0.4 is 9.64 Å². The van der Waals surface area contributed by atoms with Crippen molar-refractivity contribution in [3.05, 3.63) is 295 Å². The van der Waals surface area contributed by atoms with Gasteiger partial charge in [0.1, 0.15) is 11.9 Å². The molecular weight excluding hydrogens is 859 g/mol. The van der Waals surface area contributed by atoms with Gasteiger partial charge in [-0.05, 0) is 102 Å². The molecule has 3 aliphatic rings. The molecule has 334 valence electrons. The third kappa shape index (κ3) is 6.49. The van der Waals surface area contributed by atoms with Gasteiger partial charge < -0.3 is 9.64 Å². The first-order chi connectivity index (χ1) is 35.2. The Bertz CT molecular complexity index is 3850. The lowest BCUT2D eigenvalue weighted by Crippen LogP contribution is -2.45. The highest BCUT2D eigenvalue weighted by molar-refractivity contribution is 5.99. The normalized spacial score (nSPS) is 16.8. The first-order valence-corrected chi connectivity index (χ1v) is 24.7. The average Bonchev–Trinajstić information content (AvgIpc) is 3.74. The highest BCUT2D eigenvalue weighted by Gasteiger charge is 2.57. The number of para-hydroxylation sites is 1. The Morgan fingerprint density at radius 3 is 1.77 bits per heavy atom. The molecule has 2 nitrogen and oxygen atoms in total. The van der Waals surface area contributed by atoms with Crippen LogP contribution in [0.5, 0.6) is 5.75 Å². The van der Waals surface area contributed by atoms with Crippen LogP contribution in [0.1, 0.15) is 33.9 Å². The van der Waals surface area contributed by atoms with E-state index >= 15 is 0 Å². The van der Waals surface area contributed by atoms with Gasteiger partial charge in [0, 0.05) is 39.4 Å². The minimum absolute atomic E-state index is 0.00444. The standard InChI is InChI=1S/C69H47NO/c1-3-17-46(18-4-1)47-33-35-48(36-34-47)49-37-41-54(42-38-49)70(65-32-14-12-25-56(65)50-19-5-2-6-20-50)55-24-15-23-53(45-55)57-29-16-31-62-66(57)60-28-11-13-30-61(60)69(62)63-43-39-51-21-7-9-26-58(51)67(63)71-68-59-27-10-8-22-52(59)40-44-64(68)69/h1-45,63,67H. The number of hydrogen-bond acceptors (Lipinski definition) is 2. The van der Waals surface area contributed by atoms with Gasteiger partial charge in [-0.2, -0.15) is 0 Å². The monoisotopic (exact) mass is 905 g/mol. The summed E-state index contributed by atoms with van der Waals surface area (Å²) < 4.78 is 7.37. The van der Waals surface area contributed by atoms with E-state index in [0.29, 0.717) is 0 Å². The van der Waals surface area contributed by atoms with Gasteiger partial charge in [0.25, 0.3) is 0 Å². The molecule has 2 aliphatic carbocycles. The molecule has 0 saturated carbocycles. The summed E-state index contributed by atoms with van der Waals surface area (Å²) in [6.07, 6.45) is 4.59. The number of rotatable bonds is 7. The number of hydrogen-bond donors (Lipinski definition) is 0. The van der Waals surface area contributed by atoms with Gasteiger partial charge in [-0.25, -0.2) is 0 Å². The quantitative estimate of drug-likeness (QED) is 0.158. The third-order valence-corrected chi connectivity index (χ3v) is 15.4. The van der Waals surface area contributed by atoms with Crippen LogP contribution in [-0.2, 0) is 5.41 Å². The number of anilines is 3. The summed E-state index contributed by atoms with van der Waals surface area (Å²) in [7, 11) is 0. The Labute approximate surface area is 415 Å². The molecule has 1 spiro atoms. The molecule has 1 aliphatic heterocycles. The van der Waals surface area contributed by atoms with E-state index in [-0.39, 0.29) is 12.0 Å². The highest BCUT2D eigenvalue weighted by Crippen LogP contribution is 2.66. The summed E-state index contributed by atoms with van der Waals surface area (Å²) in [5.74, 6) is 0.984. The van der Waals surface area contributed by atoms with Crippen LogP contribution in [-0.4, -0.2) is 0 Å². The van der Waals surface area contributed by atoms with E-state index in [2.05, 4.69) is 278 Å². The van der Waals surface area contributed by atoms with Crippen LogP contribution in [0.4, 0.5) is 17.1 Å². The molecule has 0 amide bonds. The third-order valence-electron chi connectivity index (χ3n) is 15.4. The second-order valence-electron chi connectivity index (χ2n) is 19.1. The zero-order valence-corrected chi connectivity index (χ0v) is 39.0. The second kappa shape index (κ2) is 16.6. The molecule has 3 atom stereocenters. The largest absolute Gasteiger partial charge is 0.484 e. The van der Waals surface area contributed by atoms with Gasteiger partial charge in [-0.15, -0.1) is 0 Å². The maximum absolute atomic E-state index is 7.37. The lowest BCUT2D eigenvalue weighted by molar-refractivity contribution is 0.105. The maximum atomic E-state index is 7.37. The Hall–Kier alpha value is -8.98. The molecule has 2 heteroatoms. The van der Waals surface area contributed by atoms with Gasteiger partial charge in [0.05, 0.1) is 11.1 Å². The average molecular weight is 906 g/mol. The Morgan fingerprint density at radius 2 is 0.972 bits per heavy atom. The molecular formula is C69H47NO. The van der Waals surface area contributed by atoms with E-state index in [4.69, 9.17) is 4.74 Å². The Balaban J connectivity index is 0.939. The van der Waals surface area contributed by atoms with Crippen molar-refractivity contribution in [1.29, 1.82) is 0 Å². The van der Waals surface area contributed by atoms with Crippen LogP contribution in [0.2, 0.25) is 0 Å². The number of fused-ring (bicyclic) bond motifs is 13. The zero-order valence-electron chi connectivity index (χ0n) is 39.0. The number of nitrogens with zero attached hydrogens (tertiary/aromatic N) is 1. The minimum atomic E-state index is -0.518. The fourth-order valence-corrected chi connectivity index (χ4v) is 12.2. The fraction of sp³-hybridized carbons (Fsp3) is 0.0435. The van der Waals surface area contributed by atoms with Crippen molar-refractivity contribution in [3.8, 4) is 61.4 Å². The Kier molecular flexibility index (Phi) is 9.60. The van der Waals surface area contributed by atoms with Gasteiger partial charge in [0.15, 0.2) is 0 Å². The molecule has 71 heavy (non-hydrogen) atoms. The molecule has 0 bridgehead atoms. The maximum Gasteiger partial charge on any atom is 0.132 e. The smallest absolute Gasteiger partial charge is 0.132 e. The van der Waals surface area contributed by atoms with Crippen molar-refractivity contribution >= 4 is 33.9 Å². The molecule has 1 heterocycles. The summed E-state index contributed by atoms with van der Waals surface area (Å²) in [5.41, 5.74) is 21.1. The van der Waals surface area contributed by atoms with Crippen LogP contribution in [0.25, 0.3) is 72.5 Å². The highest BCUT2D eigenvalue weighted by atomic mass is 16.5. The van der Waals surface area contributed by atoms with Gasteiger partial charge in [-0.1, -0.05) is 243 Å². The summed E-state index contributed by atoms with van der Waals surface area (Å²) in [5, 5.41) is 2.33. The molecule has 0 N–H and O–H groups in total. The van der Waals surface area contributed by atoms with Crippen LogP contribution in [0, 0.1) is 5.92 Å². The first kappa shape index (κ1) is 41.0. The predicted molar refractivity (Wildman–Crippen MR) is 294 cm³/mol. The van der Waals surface area contributed by atoms with E-state index in [9.17, 15) is 0 Å². The number of ether oxygens (including phenoxy) is 1. The summed E-state index contributed by atoms with van der Waals surface area (Å²) in [4.78, 5) is 2.43. The van der Waals surface area contributed by atoms with E-state index in [0.717, 1.165) is 39.3 Å². The molecule has 11 aromatic carbocycles. The number of benzene rings is 11. The van der Waals surface area contributed by atoms with Crippen LogP contribution in [0.15, 0.2) is 267 Å². The first-order valence-electron chi connectivity index (χ1n) is 24.7.